The molecule has 0 saturated heterocycles. The number of aromatic nitrogens is 2. The Morgan fingerprint density at radius 2 is 2.08 bits per heavy atom. The molecular weight excluding hydrogens is 171 g/mol. The standard InChI is InChI=1S/C6H6F3N3/c7-6(8,9)5(10)4-1-2-11-3-12-4/h1-3,5H,10H2. The summed E-state index contributed by atoms with van der Waals surface area (Å²) >= 11 is 0. The van der Waals surface area contributed by atoms with E-state index in [4.69, 9.17) is 5.73 Å². The van der Waals surface area contributed by atoms with Gasteiger partial charge in [0.05, 0.1) is 5.69 Å². The number of hydrogen-bond donors (Lipinski definition) is 1. The first-order valence-electron chi connectivity index (χ1n) is 3.10. The third-order valence-corrected chi connectivity index (χ3v) is 1.28. The van der Waals surface area contributed by atoms with Crippen LogP contribution in [0.25, 0.3) is 0 Å². The van der Waals surface area contributed by atoms with E-state index in [0.29, 0.717) is 0 Å². The lowest BCUT2D eigenvalue weighted by Crippen LogP contribution is -2.29. The molecule has 0 aliphatic rings. The monoisotopic (exact) mass is 177 g/mol. The second-order valence-corrected chi connectivity index (χ2v) is 2.15. The van der Waals surface area contributed by atoms with E-state index < -0.39 is 12.2 Å². The zero-order valence-corrected chi connectivity index (χ0v) is 5.92. The first-order valence-corrected chi connectivity index (χ1v) is 3.10. The summed E-state index contributed by atoms with van der Waals surface area (Å²) in [5, 5.41) is 0. The molecule has 3 nitrogen and oxygen atoms in total. The summed E-state index contributed by atoms with van der Waals surface area (Å²) in [5.41, 5.74) is 4.63. The molecule has 1 rings (SSSR count). The molecule has 12 heavy (non-hydrogen) atoms. The van der Waals surface area contributed by atoms with Crippen LogP contribution in [0.1, 0.15) is 11.7 Å². The van der Waals surface area contributed by atoms with E-state index in [1.165, 1.54) is 6.20 Å². The summed E-state index contributed by atoms with van der Waals surface area (Å²) in [6.07, 6.45) is -2.21. The van der Waals surface area contributed by atoms with Gasteiger partial charge in [-0.05, 0) is 6.07 Å². The van der Waals surface area contributed by atoms with Crippen molar-refractivity contribution in [1.29, 1.82) is 0 Å². The van der Waals surface area contributed by atoms with E-state index in [-0.39, 0.29) is 5.69 Å². The van der Waals surface area contributed by atoms with Gasteiger partial charge in [-0.25, -0.2) is 9.97 Å². The minimum absolute atomic E-state index is 0.225. The quantitative estimate of drug-likeness (QED) is 0.697. The molecule has 0 fully saturated rings. The molecule has 0 bridgehead atoms. The maximum absolute atomic E-state index is 11.9. The van der Waals surface area contributed by atoms with Crippen molar-refractivity contribution in [3.63, 3.8) is 0 Å². The van der Waals surface area contributed by atoms with Gasteiger partial charge in [-0.15, -0.1) is 0 Å². The maximum Gasteiger partial charge on any atom is 0.409 e. The van der Waals surface area contributed by atoms with Gasteiger partial charge in [0.1, 0.15) is 12.4 Å². The van der Waals surface area contributed by atoms with Crippen LogP contribution >= 0.6 is 0 Å². The first kappa shape index (κ1) is 8.92. The minimum Gasteiger partial charge on any atom is -0.315 e. The third kappa shape index (κ3) is 1.91. The van der Waals surface area contributed by atoms with Gasteiger partial charge in [-0.1, -0.05) is 0 Å². The molecule has 1 unspecified atom stereocenters. The highest BCUT2D eigenvalue weighted by Gasteiger charge is 2.38. The van der Waals surface area contributed by atoms with Crippen molar-refractivity contribution in [2.45, 2.75) is 12.2 Å². The fourth-order valence-electron chi connectivity index (χ4n) is 0.653. The molecule has 1 aromatic heterocycles. The van der Waals surface area contributed by atoms with Crippen molar-refractivity contribution in [3.8, 4) is 0 Å². The van der Waals surface area contributed by atoms with Crippen molar-refractivity contribution >= 4 is 0 Å². The van der Waals surface area contributed by atoms with Gasteiger partial charge in [0, 0.05) is 6.20 Å². The van der Waals surface area contributed by atoms with Gasteiger partial charge in [0.25, 0.3) is 0 Å². The van der Waals surface area contributed by atoms with Crippen LogP contribution in [-0.4, -0.2) is 16.1 Å². The second-order valence-electron chi connectivity index (χ2n) is 2.15. The van der Waals surface area contributed by atoms with Gasteiger partial charge in [0.15, 0.2) is 0 Å². The summed E-state index contributed by atoms with van der Waals surface area (Å²) < 4.78 is 35.8. The Morgan fingerprint density at radius 1 is 1.42 bits per heavy atom. The van der Waals surface area contributed by atoms with Crippen LogP contribution in [0, 0.1) is 0 Å². The Kier molecular flexibility index (Phi) is 2.27. The Morgan fingerprint density at radius 3 is 2.50 bits per heavy atom. The molecular formula is C6H6F3N3. The highest BCUT2D eigenvalue weighted by molar-refractivity contribution is 5.05. The van der Waals surface area contributed by atoms with Gasteiger partial charge < -0.3 is 5.73 Å². The van der Waals surface area contributed by atoms with Crippen molar-refractivity contribution < 1.29 is 13.2 Å². The Labute approximate surface area is 66.4 Å². The van der Waals surface area contributed by atoms with Crippen molar-refractivity contribution in [2.75, 3.05) is 0 Å². The largest absolute Gasteiger partial charge is 0.409 e. The molecule has 1 atom stereocenters. The molecule has 6 heteroatoms. The molecule has 1 aromatic rings. The van der Waals surface area contributed by atoms with Crippen molar-refractivity contribution in [3.05, 3.63) is 24.3 Å². The summed E-state index contributed by atoms with van der Waals surface area (Å²) in [6.45, 7) is 0. The molecule has 1 heterocycles. The number of rotatable bonds is 1. The average molecular weight is 177 g/mol. The van der Waals surface area contributed by atoms with Gasteiger partial charge in [-0.3, -0.25) is 0 Å². The van der Waals surface area contributed by atoms with Crippen molar-refractivity contribution in [2.24, 2.45) is 5.73 Å². The highest BCUT2D eigenvalue weighted by atomic mass is 19.4. The molecule has 0 spiro atoms. The molecule has 0 saturated carbocycles. The number of alkyl halides is 3. The number of nitrogens with zero attached hydrogens (tertiary/aromatic N) is 2. The molecule has 0 aliphatic carbocycles. The van der Waals surface area contributed by atoms with Crippen LogP contribution in [0.15, 0.2) is 18.6 Å². The Hall–Kier alpha value is -1.17. The molecule has 0 aliphatic heterocycles. The minimum atomic E-state index is -4.45. The van der Waals surface area contributed by atoms with Gasteiger partial charge in [0.2, 0.25) is 0 Å². The zero-order valence-electron chi connectivity index (χ0n) is 5.92. The van der Waals surface area contributed by atoms with Crippen LogP contribution in [0.3, 0.4) is 0 Å². The average Bonchev–Trinajstić information content (AvgIpc) is 2.03. The maximum atomic E-state index is 11.9. The van der Waals surface area contributed by atoms with E-state index in [1.54, 1.807) is 0 Å². The van der Waals surface area contributed by atoms with E-state index in [2.05, 4.69) is 9.97 Å². The van der Waals surface area contributed by atoms with Crippen LogP contribution in [0.5, 0.6) is 0 Å². The van der Waals surface area contributed by atoms with E-state index in [0.717, 1.165) is 12.4 Å². The topological polar surface area (TPSA) is 51.8 Å². The summed E-state index contributed by atoms with van der Waals surface area (Å²) in [5.74, 6) is 0. The summed E-state index contributed by atoms with van der Waals surface area (Å²) in [7, 11) is 0. The van der Waals surface area contributed by atoms with Gasteiger partial charge >= 0.3 is 6.18 Å². The predicted octanol–water partition coefficient (Wildman–Crippen LogP) is 1.04. The van der Waals surface area contributed by atoms with Crippen LogP contribution in [0.2, 0.25) is 0 Å². The lowest BCUT2D eigenvalue weighted by Gasteiger charge is -2.13. The fraction of sp³-hybridized carbons (Fsp3) is 0.333. The van der Waals surface area contributed by atoms with E-state index in [9.17, 15) is 13.2 Å². The lowest BCUT2D eigenvalue weighted by atomic mass is 10.2. The summed E-state index contributed by atoms with van der Waals surface area (Å²) in [4.78, 5) is 6.86. The predicted molar refractivity (Wildman–Crippen MR) is 35.0 cm³/mol. The van der Waals surface area contributed by atoms with Crippen LogP contribution in [0.4, 0.5) is 13.2 Å². The van der Waals surface area contributed by atoms with E-state index in [1.807, 2.05) is 0 Å². The van der Waals surface area contributed by atoms with E-state index >= 15 is 0 Å². The van der Waals surface area contributed by atoms with Crippen molar-refractivity contribution in [1.82, 2.24) is 9.97 Å². The number of hydrogen-bond acceptors (Lipinski definition) is 3. The first-order chi connectivity index (χ1) is 5.52. The number of halogens is 3. The molecule has 0 radical (unpaired) electrons. The second kappa shape index (κ2) is 3.06. The molecule has 66 valence electrons. The van der Waals surface area contributed by atoms with Crippen LogP contribution in [-0.2, 0) is 0 Å². The van der Waals surface area contributed by atoms with Gasteiger partial charge in [-0.2, -0.15) is 13.2 Å². The molecule has 0 amide bonds. The summed E-state index contributed by atoms with van der Waals surface area (Å²) in [6, 6.07) is -0.890. The highest BCUT2D eigenvalue weighted by Crippen LogP contribution is 2.28. The number of nitrogens with two attached hydrogens (primary N) is 1. The molecule has 0 aromatic carbocycles. The molecule has 2 N–H and O–H groups in total. The fourth-order valence-corrected chi connectivity index (χ4v) is 0.653. The lowest BCUT2D eigenvalue weighted by molar-refractivity contribution is -0.150. The normalized spacial score (nSPS) is 14.3. The Bertz CT molecular complexity index is 246. The zero-order chi connectivity index (χ0) is 9.19. The SMILES string of the molecule is NC(c1ccncn1)C(F)(F)F. The van der Waals surface area contributed by atoms with Crippen LogP contribution < -0.4 is 5.73 Å². The Balaban J connectivity index is 2.86. The smallest absolute Gasteiger partial charge is 0.315 e. The third-order valence-electron chi connectivity index (χ3n) is 1.28.